The number of nitrogens with zero attached hydrogens (tertiary/aromatic N) is 1. The van der Waals surface area contributed by atoms with Crippen LogP contribution in [0.5, 0.6) is 0 Å². The van der Waals surface area contributed by atoms with Crippen LogP contribution in [0.25, 0.3) is 0 Å². The van der Waals surface area contributed by atoms with Crippen LogP contribution in [0.15, 0.2) is 18.5 Å². The summed E-state index contributed by atoms with van der Waals surface area (Å²) in [6, 6.07) is 1.72. The third-order valence-corrected chi connectivity index (χ3v) is 1.04. The quantitative estimate of drug-likeness (QED) is 0.506. The molecule has 0 aliphatic carbocycles. The van der Waals surface area contributed by atoms with Crippen molar-refractivity contribution in [1.82, 2.24) is 9.97 Å². The molecule has 0 saturated carbocycles. The summed E-state index contributed by atoms with van der Waals surface area (Å²) in [5.74, 6) is 0. The normalized spacial score (nSPS) is 8.50. The average Bonchev–Trinajstić information content (AvgIpc) is 1.90. The van der Waals surface area contributed by atoms with Crippen LogP contribution >= 0.6 is 0 Å². The average molecular weight is 128 g/mol. The Labute approximate surface area is 49.5 Å². The number of rotatable bonds is 0. The van der Waals surface area contributed by atoms with Crippen molar-refractivity contribution in [3.63, 3.8) is 0 Å². The molecule has 0 aliphatic heterocycles. The molecule has 0 amide bonds. The largest absolute Gasteiger partial charge is 0.336 e. The fourth-order valence-electron chi connectivity index (χ4n) is 0.356. The third kappa shape index (κ3) is 1.04. The Bertz CT molecular complexity index is 233. The molecule has 0 radical (unpaired) electrons. The van der Waals surface area contributed by atoms with Crippen LogP contribution in [0.2, 0.25) is 0 Å². The first-order valence-electron chi connectivity index (χ1n) is 2.06. The first kappa shape index (κ1) is 5.24. The minimum absolute atomic E-state index is 0.352. The maximum atomic E-state index is 9.95. The van der Waals surface area contributed by atoms with Crippen LogP contribution in [0, 0.1) is 4.77 Å². The van der Waals surface area contributed by atoms with Crippen LogP contribution in [0.1, 0.15) is 0 Å². The van der Waals surface area contributed by atoms with Crippen molar-refractivity contribution in [2.75, 3.05) is 0 Å². The lowest BCUT2D eigenvalue weighted by molar-refractivity contribution is 0.698. The molecule has 0 aliphatic rings. The lowest BCUT2D eigenvalue weighted by Crippen LogP contribution is -1.76. The predicted molar refractivity (Wildman–Crippen MR) is 30.0 cm³/mol. The molecule has 0 atom stereocenters. The molecular formula is C4H4N2OS. The minimum Gasteiger partial charge on any atom is -0.336 e. The van der Waals surface area contributed by atoms with Crippen LogP contribution in [0.3, 0.4) is 0 Å². The van der Waals surface area contributed by atoms with Gasteiger partial charge in [-0.05, 0) is 6.07 Å². The summed E-state index contributed by atoms with van der Waals surface area (Å²) < 4.78 is 10.4. The van der Waals surface area contributed by atoms with Gasteiger partial charge in [-0.2, -0.15) is 0 Å². The van der Waals surface area contributed by atoms with Crippen molar-refractivity contribution < 1.29 is 4.21 Å². The Hall–Kier alpha value is -0.900. The number of hydrogen-bond donors (Lipinski definition) is 1. The van der Waals surface area contributed by atoms with Gasteiger partial charge in [-0.15, -0.1) is 0 Å². The van der Waals surface area contributed by atoms with Gasteiger partial charge in [0.2, 0.25) is 4.77 Å². The minimum atomic E-state index is 0.352. The van der Waals surface area contributed by atoms with Gasteiger partial charge in [0.25, 0.3) is 0 Å². The van der Waals surface area contributed by atoms with E-state index in [1.807, 2.05) is 0 Å². The zero-order valence-corrected chi connectivity index (χ0v) is 4.81. The van der Waals surface area contributed by atoms with Gasteiger partial charge < -0.3 is 4.98 Å². The Kier molecular flexibility index (Phi) is 1.58. The molecule has 1 N–H and O–H groups in total. The molecule has 1 rings (SSSR count). The van der Waals surface area contributed by atoms with E-state index in [2.05, 4.69) is 9.97 Å². The topological polar surface area (TPSA) is 45.8 Å². The standard InChI is InChI=1S/C4H4N2OS/c7-8-4-5-2-1-3-6-4/h1-3,5H. The van der Waals surface area contributed by atoms with Gasteiger partial charge in [-0.25, -0.2) is 9.19 Å². The van der Waals surface area contributed by atoms with Gasteiger partial charge in [0.1, 0.15) is 11.3 Å². The van der Waals surface area contributed by atoms with Crippen molar-refractivity contribution in [2.45, 2.75) is 0 Å². The lowest BCUT2D eigenvalue weighted by Gasteiger charge is -1.75. The summed E-state index contributed by atoms with van der Waals surface area (Å²) >= 11 is 0.352. The van der Waals surface area contributed by atoms with Gasteiger partial charge in [-0.3, -0.25) is 0 Å². The van der Waals surface area contributed by atoms with E-state index in [0.29, 0.717) is 16.0 Å². The molecule has 1 heterocycles. The SMILES string of the molecule is O=S=c1nccc[nH]1. The number of H-pyrrole nitrogens is 1. The third-order valence-electron chi connectivity index (χ3n) is 0.660. The molecule has 0 saturated heterocycles. The molecule has 3 nitrogen and oxygen atoms in total. The van der Waals surface area contributed by atoms with E-state index in [0.717, 1.165) is 0 Å². The Morgan fingerprint density at radius 1 is 1.75 bits per heavy atom. The van der Waals surface area contributed by atoms with E-state index < -0.39 is 0 Å². The van der Waals surface area contributed by atoms with E-state index in [-0.39, 0.29) is 0 Å². The number of hydrogen-bond acceptors (Lipinski definition) is 2. The highest BCUT2D eigenvalue weighted by Gasteiger charge is 1.70. The molecule has 42 valence electrons. The smallest absolute Gasteiger partial charge is 0.226 e. The van der Waals surface area contributed by atoms with E-state index in [1.54, 1.807) is 18.5 Å². The first-order chi connectivity index (χ1) is 3.93. The fraction of sp³-hybridized carbons (Fsp3) is 0. The van der Waals surface area contributed by atoms with E-state index in [9.17, 15) is 4.21 Å². The van der Waals surface area contributed by atoms with Crippen LogP contribution in [-0.4, -0.2) is 14.2 Å². The highest BCUT2D eigenvalue weighted by Crippen LogP contribution is 1.71. The molecule has 1 aromatic rings. The van der Waals surface area contributed by atoms with E-state index >= 15 is 0 Å². The monoisotopic (exact) mass is 128 g/mol. The zero-order valence-electron chi connectivity index (χ0n) is 4.00. The summed E-state index contributed by atoms with van der Waals surface area (Å²) in [4.78, 5) is 6.35. The maximum absolute atomic E-state index is 9.95. The number of nitrogens with one attached hydrogen (secondary N) is 1. The molecule has 0 aromatic carbocycles. The Morgan fingerprint density at radius 2 is 2.62 bits per heavy atom. The summed E-state index contributed by atoms with van der Waals surface area (Å²) in [6.07, 6.45) is 3.23. The number of aromatic amines is 1. The van der Waals surface area contributed by atoms with Crippen molar-refractivity contribution in [2.24, 2.45) is 0 Å². The van der Waals surface area contributed by atoms with Gasteiger partial charge in [0.15, 0.2) is 0 Å². The summed E-state index contributed by atoms with van der Waals surface area (Å²) in [5.41, 5.74) is 0. The molecule has 0 fully saturated rings. The van der Waals surface area contributed by atoms with Gasteiger partial charge >= 0.3 is 0 Å². The summed E-state index contributed by atoms with van der Waals surface area (Å²) in [6.45, 7) is 0. The highest BCUT2D eigenvalue weighted by molar-refractivity contribution is 7.56. The summed E-state index contributed by atoms with van der Waals surface area (Å²) in [7, 11) is 0. The van der Waals surface area contributed by atoms with Gasteiger partial charge in [0.05, 0.1) is 0 Å². The second-order valence-corrected chi connectivity index (χ2v) is 1.72. The number of aromatic nitrogens is 2. The van der Waals surface area contributed by atoms with Crippen LogP contribution in [0.4, 0.5) is 0 Å². The molecule has 1 aromatic heterocycles. The van der Waals surface area contributed by atoms with Gasteiger partial charge in [-0.1, -0.05) is 0 Å². The second kappa shape index (κ2) is 2.42. The van der Waals surface area contributed by atoms with Crippen LogP contribution in [-0.2, 0) is 11.3 Å². The lowest BCUT2D eigenvalue weighted by atomic mass is 10.7. The van der Waals surface area contributed by atoms with Crippen molar-refractivity contribution in [3.8, 4) is 0 Å². The molecule has 8 heavy (non-hydrogen) atoms. The first-order valence-corrected chi connectivity index (χ1v) is 2.80. The van der Waals surface area contributed by atoms with E-state index in [4.69, 9.17) is 0 Å². The van der Waals surface area contributed by atoms with Crippen molar-refractivity contribution in [3.05, 3.63) is 23.2 Å². The van der Waals surface area contributed by atoms with Crippen molar-refractivity contribution >= 4 is 11.3 Å². The fourth-order valence-corrected chi connectivity index (χ4v) is 0.576. The van der Waals surface area contributed by atoms with Crippen LogP contribution < -0.4 is 0 Å². The zero-order chi connectivity index (χ0) is 5.82. The molecule has 0 spiro atoms. The van der Waals surface area contributed by atoms with Crippen molar-refractivity contribution in [1.29, 1.82) is 0 Å². The molecule has 4 heteroatoms. The Balaban J connectivity index is 3.41. The second-order valence-electron chi connectivity index (χ2n) is 1.17. The molecule has 0 unspecified atom stereocenters. The van der Waals surface area contributed by atoms with E-state index in [1.165, 1.54) is 0 Å². The highest BCUT2D eigenvalue weighted by atomic mass is 32.1. The molecular weight excluding hydrogens is 124 g/mol. The molecule has 0 bridgehead atoms. The summed E-state index contributed by atoms with van der Waals surface area (Å²) in [5, 5.41) is 0. The Morgan fingerprint density at radius 3 is 3.00 bits per heavy atom. The predicted octanol–water partition coefficient (Wildman–Crippen LogP) is 0.155. The van der Waals surface area contributed by atoms with Gasteiger partial charge in [0, 0.05) is 12.4 Å². The maximum Gasteiger partial charge on any atom is 0.226 e.